The number of phenols is 2. The number of benzene rings is 4. The third-order valence-corrected chi connectivity index (χ3v) is 29.1. The van der Waals surface area contributed by atoms with E-state index in [1.54, 1.807) is 98.8 Å². The fourth-order valence-electron chi connectivity index (χ4n) is 14.6. The number of nitrogens with two attached hydrogens (primary N) is 10. The van der Waals surface area contributed by atoms with E-state index in [0.717, 1.165) is 11.1 Å². The number of ketones is 6. The van der Waals surface area contributed by atoms with Gasteiger partial charge in [-0.3, -0.25) is 96.7 Å². The maximum Gasteiger partial charge on any atom is 0.225 e. The lowest BCUT2D eigenvalue weighted by Gasteiger charge is -2.27. The quantitative estimate of drug-likeness (QED) is 0.0131. The molecule has 44 heteroatoms. The normalized spacial score (nSPS) is 19.7. The largest absolute Gasteiger partial charge is 0.508 e. The molecule has 0 unspecified atom stereocenters. The lowest BCUT2D eigenvalue weighted by molar-refractivity contribution is -0.136. The Hall–Kier alpha value is -12.3. The van der Waals surface area contributed by atoms with E-state index in [-0.39, 0.29) is 188 Å². The number of nitrogens with zero attached hydrogens (tertiary/aromatic N) is 4. The van der Waals surface area contributed by atoms with Gasteiger partial charge in [-0.05, 0) is 151 Å². The zero-order valence-corrected chi connectivity index (χ0v) is 82.4. The molecule has 40 nitrogen and oxygen atoms in total. The van der Waals surface area contributed by atoms with E-state index in [9.17, 15) is 86.9 Å². The van der Waals surface area contributed by atoms with Crippen molar-refractivity contribution in [3.8, 4) is 11.5 Å². The van der Waals surface area contributed by atoms with Crippen LogP contribution >= 0.6 is 43.2 Å². The molecular formula is C94H138N22O18S4. The van der Waals surface area contributed by atoms with Gasteiger partial charge in [0.15, 0.2) is 58.5 Å². The molecule has 2 aliphatic rings. The summed E-state index contributed by atoms with van der Waals surface area (Å²) in [5, 5.41) is 41.7. The highest BCUT2D eigenvalue weighted by Gasteiger charge is 2.39. The first-order valence-electron chi connectivity index (χ1n) is 45.8. The molecule has 12 atom stereocenters. The van der Waals surface area contributed by atoms with Crippen LogP contribution in [0.4, 0.5) is 0 Å². The van der Waals surface area contributed by atoms with E-state index in [2.05, 4.69) is 62.5 Å². The van der Waals surface area contributed by atoms with Crippen molar-refractivity contribution in [1.29, 1.82) is 0 Å². The Bertz CT molecular complexity index is 4870. The smallest absolute Gasteiger partial charge is 0.225 e. The second-order valence-electron chi connectivity index (χ2n) is 35.6. The van der Waals surface area contributed by atoms with Crippen LogP contribution < -0.4 is 99.9 Å². The number of guanidine groups is 4. The summed E-state index contributed by atoms with van der Waals surface area (Å²) in [4.78, 5) is 235. The van der Waals surface area contributed by atoms with Gasteiger partial charge in [-0.1, -0.05) is 142 Å². The van der Waals surface area contributed by atoms with Gasteiger partial charge < -0.3 is 110 Å². The maximum absolute atomic E-state index is 14.4. The first kappa shape index (κ1) is 116. The SMILES string of the molecule is C[C@@H](Cc1ccc(O)cc1)C(=O)N[C@@H]1CC(=O)NCC(C)(C)SSC[C@@H](C(=O)N[C@@H](CCCN=C(N)N)C(=O)C[C@@H](CCCN=C(N)N)C(N)=O)CC(=O)[C@H](Cc2ccccc2)NC(=O)CCC1=O.C[C@@H](Cc1ccc(O)cc1)C(=O)N[C@H]1CSSC(C)(C)CNC(=O)C[C@H](C(=O)N[C@@H](CCCN=C(N)N)C(=O)C[C@@H](CCCN=C(N)N)C(N)=O)CC(=O)[C@H](Cc2ccccc2)NC(=O)CCC1=O. The second kappa shape index (κ2) is 60.4. The van der Waals surface area contributed by atoms with Gasteiger partial charge in [-0.15, -0.1) is 0 Å². The minimum atomic E-state index is -1.32. The number of primary amides is 2. The fourth-order valence-corrected chi connectivity index (χ4v) is 20.0. The van der Waals surface area contributed by atoms with Gasteiger partial charge in [0, 0.05) is 142 Å². The third-order valence-electron chi connectivity index (χ3n) is 22.4. The molecular weight excluding hydrogens is 1850 g/mol. The monoisotopic (exact) mass is 1990 g/mol. The molecule has 2 aliphatic heterocycles. The number of aliphatic imine (C=N–C) groups is 4. The Labute approximate surface area is 820 Å². The zero-order valence-electron chi connectivity index (χ0n) is 79.2. The summed E-state index contributed by atoms with van der Waals surface area (Å²) in [5.74, 6) is -14.6. The van der Waals surface area contributed by atoms with Crippen molar-refractivity contribution in [2.75, 3.05) is 50.8 Å². The van der Waals surface area contributed by atoms with Crippen LogP contribution in [0, 0.1) is 35.5 Å². The molecule has 0 aromatic heterocycles. The number of Topliss-reactive ketones (excluding diaryl/α,β-unsaturated/α-hetero) is 6. The molecule has 6 rings (SSSR count). The first-order chi connectivity index (χ1) is 65.2. The average Bonchev–Trinajstić information content (AvgIpc) is 0.850. The highest BCUT2D eigenvalue weighted by molar-refractivity contribution is 8.77. The van der Waals surface area contributed by atoms with Crippen LogP contribution in [-0.4, -0.2) is 224 Å². The topological polar surface area (TPSA) is 719 Å². The predicted octanol–water partition coefficient (Wildman–Crippen LogP) is 2.08. The van der Waals surface area contributed by atoms with Crippen LogP contribution in [0.2, 0.25) is 0 Å². The summed E-state index contributed by atoms with van der Waals surface area (Å²) in [6, 6.07) is 23.8. The summed E-state index contributed by atoms with van der Waals surface area (Å²) in [6.07, 6.45) is -1.23. The molecule has 30 N–H and O–H groups in total. The summed E-state index contributed by atoms with van der Waals surface area (Å²) in [6.45, 7) is 11.7. The Morgan fingerprint density at radius 1 is 0.413 bits per heavy atom. The summed E-state index contributed by atoms with van der Waals surface area (Å²) in [7, 11) is 5.29. The Morgan fingerprint density at radius 3 is 1.14 bits per heavy atom. The molecule has 2 saturated heterocycles. The number of rotatable bonds is 40. The van der Waals surface area contributed by atoms with Crippen LogP contribution in [0.3, 0.4) is 0 Å². The maximum atomic E-state index is 14.4. The molecule has 10 amide bonds. The van der Waals surface area contributed by atoms with Crippen molar-refractivity contribution in [3.05, 3.63) is 131 Å². The molecule has 0 bridgehead atoms. The van der Waals surface area contributed by atoms with Crippen molar-refractivity contribution < 1.29 is 86.9 Å². The van der Waals surface area contributed by atoms with Crippen molar-refractivity contribution in [2.24, 2.45) is 113 Å². The van der Waals surface area contributed by atoms with Crippen molar-refractivity contribution in [3.63, 3.8) is 0 Å². The first-order valence-corrected chi connectivity index (χ1v) is 50.4. The summed E-state index contributed by atoms with van der Waals surface area (Å²) < 4.78 is -1.30. The molecule has 2 heterocycles. The summed E-state index contributed by atoms with van der Waals surface area (Å²) in [5.41, 5.74) is 58.0. The molecule has 4 aromatic carbocycles. The highest BCUT2D eigenvalue weighted by Crippen LogP contribution is 2.39. The average molecular weight is 1990 g/mol. The Morgan fingerprint density at radius 2 is 0.761 bits per heavy atom. The number of nitrogens with one attached hydrogen (secondary N) is 8. The van der Waals surface area contributed by atoms with Crippen LogP contribution in [0.5, 0.6) is 11.5 Å². The lowest BCUT2D eigenvalue weighted by atomic mass is 9.89. The molecule has 0 saturated carbocycles. The van der Waals surface area contributed by atoms with Gasteiger partial charge in [-0.2, -0.15) is 0 Å². The number of carbonyl (C=O) groups is 16. The number of carbonyl (C=O) groups excluding carboxylic acids is 16. The minimum Gasteiger partial charge on any atom is -0.508 e. The van der Waals surface area contributed by atoms with Crippen LogP contribution in [0.25, 0.3) is 0 Å². The van der Waals surface area contributed by atoms with E-state index >= 15 is 0 Å². The standard InChI is InChI=1S/2C47H69N11O9S2/c1-28(21-30-13-15-33(59)16-14-30)43(66)58-36-25-41(64)55-27-47(2,3)69-68-26-32(24-39(62)35(22-29-9-5-4-6-10-29)56-40(63)18-17-37(36)60)44(67)57-34(12-8-20-54-46(51)52)38(61)23-31(42(48)65)11-7-19-53-45(49)50;1-28(21-30-13-15-33(59)16-14-30)43(66)58-36-26-68-69-47(2,3)27-55-41(64)25-32(24-39(62)35(22-29-9-5-4-6-10-29)56-40(63)18-17-37(36)60)44(67)57-34(12-8-20-54-46(51)52)38(61)23-31(42(48)65)11-7-19-53-45(49)50/h2*4-6,9-10,13-16,28,31-32,34-36,59H,7-8,11-12,17-27H2,1-3H3,(H2,48,65)(H,55,64)(H,56,63)(H,57,67)(H,58,66)(H4,49,50,53)(H4,51,52,54)/t28-,31+,32-,34-,35-,36+;28-,31+,32+,34-,35-,36-/m00/s1. The number of hydrogen-bond donors (Lipinski definition) is 20. The second-order valence-corrected chi connectivity index (χ2v) is 41.7. The van der Waals surface area contributed by atoms with Crippen molar-refractivity contribution in [2.45, 2.75) is 229 Å². The van der Waals surface area contributed by atoms with Crippen molar-refractivity contribution >= 4 is 161 Å². The number of hydrogen-bond acceptors (Lipinski definition) is 26. The van der Waals surface area contributed by atoms with Crippen LogP contribution in [-0.2, 0) is 102 Å². The molecule has 0 aliphatic carbocycles. The molecule has 138 heavy (non-hydrogen) atoms. The molecule has 4 aromatic rings. The van der Waals surface area contributed by atoms with Gasteiger partial charge in [0.2, 0.25) is 59.1 Å². The Balaban J connectivity index is 0.000000487. The van der Waals surface area contributed by atoms with Crippen LogP contribution in [0.15, 0.2) is 129 Å². The summed E-state index contributed by atoms with van der Waals surface area (Å²) >= 11 is 0. The van der Waals surface area contributed by atoms with E-state index in [4.69, 9.17) is 57.3 Å². The van der Waals surface area contributed by atoms with Gasteiger partial charge >= 0.3 is 0 Å². The van der Waals surface area contributed by atoms with Gasteiger partial charge in [0.05, 0.1) is 54.5 Å². The molecule has 0 radical (unpaired) electrons. The predicted molar refractivity (Wildman–Crippen MR) is 536 cm³/mol. The molecule has 756 valence electrons. The van der Waals surface area contributed by atoms with Gasteiger partial charge in [0.1, 0.15) is 11.5 Å². The Kier molecular flexibility index (Phi) is 50.9. The van der Waals surface area contributed by atoms with E-state index in [0.29, 0.717) is 36.8 Å². The van der Waals surface area contributed by atoms with E-state index < -0.39 is 188 Å². The minimum absolute atomic E-state index is 0.0170. The number of amides is 10. The molecule has 2 fully saturated rings. The fraction of sp³-hybridized carbons (Fsp3) is 0.532. The van der Waals surface area contributed by atoms with E-state index in [1.165, 1.54) is 67.4 Å². The highest BCUT2D eigenvalue weighted by atomic mass is 33.1. The van der Waals surface area contributed by atoms with Crippen molar-refractivity contribution in [1.82, 2.24) is 42.5 Å². The van der Waals surface area contributed by atoms with Crippen LogP contribution in [0.1, 0.15) is 179 Å². The number of phenolic OH excluding ortho intramolecular Hbond substituents is 2. The van der Waals surface area contributed by atoms with Gasteiger partial charge in [-0.25, -0.2) is 0 Å². The lowest BCUT2D eigenvalue weighted by Crippen LogP contribution is -2.48. The third kappa shape index (κ3) is 46.7. The zero-order chi connectivity index (χ0) is 102. The number of aromatic hydroxyl groups is 2. The molecule has 0 spiro atoms. The van der Waals surface area contributed by atoms with Gasteiger partial charge in [0.25, 0.3) is 0 Å². The van der Waals surface area contributed by atoms with E-state index in [1.807, 2.05) is 27.7 Å².